The van der Waals surface area contributed by atoms with E-state index in [-0.39, 0.29) is 0 Å². The fourth-order valence-electron chi connectivity index (χ4n) is 1.99. The lowest BCUT2D eigenvalue weighted by Gasteiger charge is -2.10. The van der Waals surface area contributed by atoms with Gasteiger partial charge in [-0.2, -0.15) is 22.0 Å². The van der Waals surface area contributed by atoms with Crippen molar-refractivity contribution in [1.29, 1.82) is 0 Å². The largest absolute Gasteiger partial charge is 0.404 e. The molecule has 3 rings (SSSR count). The van der Waals surface area contributed by atoms with E-state index < -0.39 is 5.97 Å². The second-order valence-corrected chi connectivity index (χ2v) is 5.49. The molecule has 0 aliphatic rings. The Hall–Kier alpha value is -2.68. The molecule has 0 spiro atoms. The van der Waals surface area contributed by atoms with Crippen molar-refractivity contribution in [3.05, 3.63) is 48.3 Å². The fraction of sp³-hybridized carbons (Fsp3) is 0.214. The summed E-state index contributed by atoms with van der Waals surface area (Å²) in [5.74, 6) is 1.10. The number of carbonyl (C=O) groups excluding carboxylic acids is 1. The van der Waals surface area contributed by atoms with Crippen LogP contribution in [0.15, 0.2) is 37.1 Å². The molecule has 0 atom stereocenters. The Kier molecular flexibility index (Phi) is 4.38. The van der Waals surface area contributed by atoms with Crippen molar-refractivity contribution in [1.82, 2.24) is 29.5 Å². The van der Waals surface area contributed by atoms with Crippen LogP contribution in [0.5, 0.6) is 5.88 Å². The first-order valence-electron chi connectivity index (χ1n) is 6.73. The van der Waals surface area contributed by atoms with Gasteiger partial charge in [0.15, 0.2) is 5.82 Å². The van der Waals surface area contributed by atoms with E-state index in [0.717, 1.165) is 0 Å². The maximum absolute atomic E-state index is 12.4. The van der Waals surface area contributed by atoms with E-state index in [4.69, 9.17) is 4.74 Å². The predicted octanol–water partition coefficient (Wildman–Crippen LogP) is 1.48. The van der Waals surface area contributed by atoms with E-state index in [1.54, 1.807) is 54.2 Å². The number of hydrogen-bond acceptors (Lipinski definition) is 7. The molecule has 3 heterocycles. The normalized spacial score (nSPS) is 10.7. The molecular weight excluding hydrogens is 316 g/mol. The molecule has 23 heavy (non-hydrogen) atoms. The van der Waals surface area contributed by atoms with Crippen molar-refractivity contribution in [2.24, 2.45) is 7.05 Å². The second-order valence-electron chi connectivity index (χ2n) is 4.62. The van der Waals surface area contributed by atoms with Gasteiger partial charge >= 0.3 is 5.97 Å². The highest BCUT2D eigenvalue weighted by molar-refractivity contribution is 7.97. The number of rotatable bonds is 5. The van der Waals surface area contributed by atoms with E-state index >= 15 is 0 Å². The van der Waals surface area contributed by atoms with Gasteiger partial charge in [0.25, 0.3) is 0 Å². The molecule has 3 aromatic heterocycles. The second kappa shape index (κ2) is 6.61. The topological polar surface area (TPSA) is 87.7 Å². The van der Waals surface area contributed by atoms with Crippen LogP contribution in [0.1, 0.15) is 16.1 Å². The molecule has 0 unspecified atom stereocenters. The zero-order chi connectivity index (χ0) is 16.2. The summed E-state index contributed by atoms with van der Waals surface area (Å²) in [6, 6.07) is 5.02. The van der Waals surface area contributed by atoms with Gasteiger partial charge in [0.2, 0.25) is 5.88 Å². The summed E-state index contributed by atoms with van der Waals surface area (Å²) in [6.07, 6.45) is 6.50. The average Bonchev–Trinajstić information content (AvgIpc) is 3.20. The molecule has 0 saturated heterocycles. The van der Waals surface area contributed by atoms with Crippen molar-refractivity contribution >= 4 is 17.7 Å². The molecule has 118 valence electrons. The Morgan fingerprint density at radius 1 is 1.30 bits per heavy atom. The highest BCUT2D eigenvalue weighted by Gasteiger charge is 2.17. The number of carbonyl (C=O) groups is 1. The van der Waals surface area contributed by atoms with Gasteiger partial charge in [0.1, 0.15) is 12.7 Å². The highest BCUT2D eigenvalue weighted by Crippen LogP contribution is 2.18. The van der Waals surface area contributed by atoms with Gasteiger partial charge in [0.05, 0.1) is 17.5 Å². The summed E-state index contributed by atoms with van der Waals surface area (Å²) >= 11 is 1.57. The SMILES string of the molecule is CSCc1nc(-n2cncn2)ccc1C(=O)Oc1ccnn1C. The van der Waals surface area contributed by atoms with Crippen molar-refractivity contribution < 1.29 is 9.53 Å². The summed E-state index contributed by atoms with van der Waals surface area (Å²) in [5, 5.41) is 8.01. The number of ether oxygens (including phenoxy) is 1. The molecule has 3 aromatic rings. The number of nitrogens with zero attached hydrogens (tertiary/aromatic N) is 6. The lowest BCUT2D eigenvalue weighted by atomic mass is 10.2. The molecule has 0 radical (unpaired) electrons. The summed E-state index contributed by atoms with van der Waals surface area (Å²) < 4.78 is 8.40. The summed E-state index contributed by atoms with van der Waals surface area (Å²) in [4.78, 5) is 20.8. The van der Waals surface area contributed by atoms with Gasteiger partial charge in [-0.05, 0) is 18.4 Å². The van der Waals surface area contributed by atoms with Gasteiger partial charge in [-0.15, -0.1) is 0 Å². The maximum Gasteiger partial charge on any atom is 0.346 e. The van der Waals surface area contributed by atoms with Gasteiger partial charge < -0.3 is 4.74 Å². The van der Waals surface area contributed by atoms with E-state index in [1.807, 2.05) is 6.26 Å². The van der Waals surface area contributed by atoms with Crippen LogP contribution in [0.3, 0.4) is 0 Å². The molecule has 0 aliphatic carbocycles. The Labute approximate surface area is 136 Å². The lowest BCUT2D eigenvalue weighted by molar-refractivity contribution is 0.0719. The van der Waals surface area contributed by atoms with E-state index in [9.17, 15) is 4.79 Å². The zero-order valence-electron chi connectivity index (χ0n) is 12.6. The van der Waals surface area contributed by atoms with Crippen molar-refractivity contribution in [3.8, 4) is 11.7 Å². The Morgan fingerprint density at radius 2 is 2.17 bits per heavy atom. The standard InChI is InChI=1S/C14H14N6O2S/c1-19-13(5-6-16-19)22-14(21)10-3-4-12(18-11(10)7-23-2)20-9-15-8-17-20/h3-6,8-9H,7H2,1-2H3. The van der Waals surface area contributed by atoms with Crippen LogP contribution >= 0.6 is 11.8 Å². The van der Waals surface area contributed by atoms with Crippen LogP contribution in [0.2, 0.25) is 0 Å². The number of pyridine rings is 1. The van der Waals surface area contributed by atoms with Gasteiger partial charge in [-0.3, -0.25) is 0 Å². The molecule has 0 fully saturated rings. The minimum Gasteiger partial charge on any atom is -0.404 e. The molecule has 0 amide bonds. The molecule has 0 bridgehead atoms. The van der Waals surface area contributed by atoms with E-state index in [1.165, 1.54) is 11.0 Å². The molecule has 8 nitrogen and oxygen atoms in total. The van der Waals surface area contributed by atoms with Crippen LogP contribution in [0.25, 0.3) is 5.82 Å². The lowest BCUT2D eigenvalue weighted by Crippen LogP contribution is -2.15. The van der Waals surface area contributed by atoms with Gasteiger partial charge in [-0.1, -0.05) is 0 Å². The number of esters is 1. The minimum absolute atomic E-state index is 0.380. The van der Waals surface area contributed by atoms with Gasteiger partial charge in [-0.25, -0.2) is 24.1 Å². The first-order chi connectivity index (χ1) is 11.2. The van der Waals surface area contributed by atoms with Crippen molar-refractivity contribution in [2.75, 3.05) is 6.26 Å². The third-order valence-electron chi connectivity index (χ3n) is 3.09. The molecule has 0 N–H and O–H groups in total. The molecule has 0 aliphatic heterocycles. The van der Waals surface area contributed by atoms with E-state index in [2.05, 4.69) is 20.2 Å². The van der Waals surface area contributed by atoms with Crippen LogP contribution < -0.4 is 4.74 Å². The smallest absolute Gasteiger partial charge is 0.346 e. The van der Waals surface area contributed by atoms with Crippen LogP contribution in [-0.4, -0.2) is 41.8 Å². The first-order valence-corrected chi connectivity index (χ1v) is 8.12. The molecular formula is C14H14N6O2S. The Morgan fingerprint density at radius 3 is 2.83 bits per heavy atom. The fourth-order valence-corrected chi connectivity index (χ4v) is 2.48. The minimum atomic E-state index is -0.463. The highest BCUT2D eigenvalue weighted by atomic mass is 32.2. The van der Waals surface area contributed by atoms with Crippen LogP contribution in [0.4, 0.5) is 0 Å². The quantitative estimate of drug-likeness (QED) is 0.655. The van der Waals surface area contributed by atoms with Crippen LogP contribution in [0, 0.1) is 0 Å². The van der Waals surface area contributed by atoms with E-state index in [0.29, 0.717) is 28.7 Å². The molecule has 0 aromatic carbocycles. The van der Waals surface area contributed by atoms with Crippen molar-refractivity contribution in [3.63, 3.8) is 0 Å². The molecule has 0 saturated carbocycles. The predicted molar refractivity (Wildman–Crippen MR) is 84.5 cm³/mol. The zero-order valence-corrected chi connectivity index (χ0v) is 13.4. The maximum atomic E-state index is 12.4. The Balaban J connectivity index is 1.91. The summed E-state index contributed by atoms with van der Waals surface area (Å²) in [5.41, 5.74) is 1.06. The number of aromatic nitrogens is 6. The summed E-state index contributed by atoms with van der Waals surface area (Å²) in [6.45, 7) is 0. The van der Waals surface area contributed by atoms with Gasteiger partial charge in [0, 0.05) is 18.9 Å². The number of aryl methyl sites for hydroxylation is 1. The van der Waals surface area contributed by atoms with Crippen molar-refractivity contribution in [2.45, 2.75) is 5.75 Å². The number of hydrogen-bond donors (Lipinski definition) is 0. The molecule has 9 heteroatoms. The summed E-state index contributed by atoms with van der Waals surface area (Å²) in [7, 11) is 1.71. The third kappa shape index (κ3) is 3.24. The first kappa shape index (κ1) is 15.2. The monoisotopic (exact) mass is 330 g/mol. The van der Waals surface area contributed by atoms with Crippen LogP contribution in [-0.2, 0) is 12.8 Å². The number of thioether (sulfide) groups is 1. The Bertz CT molecular complexity index is 815. The third-order valence-corrected chi connectivity index (χ3v) is 3.65. The average molecular weight is 330 g/mol.